The molecule has 2 atom stereocenters. The zero-order chi connectivity index (χ0) is 28.7. The van der Waals surface area contributed by atoms with Gasteiger partial charge in [-0.15, -0.1) is 40.0 Å². The molecular weight excluding hydrogens is 586 g/mol. The molecule has 0 bridgehead atoms. The number of carbonyl (C=O) groups is 4. The smallest absolute Gasteiger partial charge is 0.375 e. The van der Waals surface area contributed by atoms with E-state index in [-0.39, 0.29) is 39.5 Å². The molecule has 5 heterocycles. The molecule has 2 aliphatic rings. The minimum absolute atomic E-state index is 0.0960. The first-order valence-electron chi connectivity index (χ1n) is 11.2. The third-order valence-electron chi connectivity index (χ3n) is 5.69. The normalized spacial score (nSPS) is 18.9. The number of nitrogen functional groups attached to an aromatic ring is 1. The van der Waals surface area contributed by atoms with Gasteiger partial charge in [0.15, 0.2) is 10.8 Å². The van der Waals surface area contributed by atoms with Gasteiger partial charge >= 0.3 is 11.9 Å². The molecule has 16 nitrogen and oxygen atoms in total. The fraction of sp³-hybridized carbons (Fsp3) is 0.286. The number of thiazole rings is 1. The molecule has 19 heteroatoms. The molecule has 2 aliphatic heterocycles. The highest BCUT2D eigenvalue weighted by Crippen LogP contribution is 2.41. The van der Waals surface area contributed by atoms with Crippen molar-refractivity contribution in [3.05, 3.63) is 39.9 Å². The summed E-state index contributed by atoms with van der Waals surface area (Å²) in [6.45, 7) is 1.71. The number of nitrogens with two attached hydrogens (primary N) is 1. The van der Waals surface area contributed by atoms with Gasteiger partial charge in [-0.2, -0.15) is 9.50 Å². The number of thioether (sulfide) groups is 2. The van der Waals surface area contributed by atoms with Crippen molar-refractivity contribution in [3.63, 3.8) is 0 Å². The van der Waals surface area contributed by atoms with E-state index in [2.05, 4.69) is 30.5 Å². The lowest BCUT2D eigenvalue weighted by molar-refractivity contribution is -0.150. The first-order chi connectivity index (χ1) is 19.1. The Kier molecular flexibility index (Phi) is 7.34. The Morgan fingerprint density at radius 1 is 1.27 bits per heavy atom. The second-order valence-electron chi connectivity index (χ2n) is 8.29. The molecule has 3 aromatic rings. The summed E-state index contributed by atoms with van der Waals surface area (Å²) in [4.78, 5) is 67.5. The summed E-state index contributed by atoms with van der Waals surface area (Å²) in [6.07, 6.45) is 0. The summed E-state index contributed by atoms with van der Waals surface area (Å²) < 4.78 is 1.27. The average molecular weight is 606 g/mol. The molecule has 0 spiro atoms. The van der Waals surface area contributed by atoms with Crippen LogP contribution in [0.5, 0.6) is 0 Å². The topological polar surface area (TPSA) is 228 Å². The van der Waals surface area contributed by atoms with E-state index in [1.165, 1.54) is 40.5 Å². The number of β-lactam (4-membered cyclic amide) rings is 1. The molecule has 0 radical (unpaired) electrons. The SMILES string of the molecule is CO/N=C(\C(=O)N[C@@H]1C(=O)N2C(C(=O)O)=C(CSc3cc(C)nc4nc(C(=O)O)nn34)CS[C@H]12)c1csc(N)n1. The van der Waals surface area contributed by atoms with Crippen LogP contribution in [-0.2, 0) is 19.2 Å². The van der Waals surface area contributed by atoms with Gasteiger partial charge < -0.3 is 26.1 Å². The van der Waals surface area contributed by atoms with Crippen molar-refractivity contribution in [2.75, 3.05) is 24.3 Å². The van der Waals surface area contributed by atoms with Crippen LogP contribution in [0.2, 0.25) is 0 Å². The summed E-state index contributed by atoms with van der Waals surface area (Å²) in [5, 5.41) is 31.1. The molecule has 0 aromatic carbocycles. The highest BCUT2D eigenvalue weighted by Gasteiger charge is 2.54. The van der Waals surface area contributed by atoms with Crippen LogP contribution < -0.4 is 11.1 Å². The highest BCUT2D eigenvalue weighted by atomic mass is 32.2. The Morgan fingerprint density at radius 3 is 2.70 bits per heavy atom. The second kappa shape index (κ2) is 10.7. The summed E-state index contributed by atoms with van der Waals surface area (Å²) in [5.41, 5.74) is 6.52. The van der Waals surface area contributed by atoms with Crippen LogP contribution >= 0.6 is 34.9 Å². The maximum atomic E-state index is 13.1. The number of aromatic carboxylic acids is 1. The van der Waals surface area contributed by atoms with E-state index in [9.17, 15) is 29.4 Å². The largest absolute Gasteiger partial charge is 0.477 e. The van der Waals surface area contributed by atoms with E-state index in [1.807, 2.05) is 0 Å². The van der Waals surface area contributed by atoms with Crippen molar-refractivity contribution in [1.82, 2.24) is 34.8 Å². The van der Waals surface area contributed by atoms with Gasteiger partial charge in [0.1, 0.15) is 34.9 Å². The van der Waals surface area contributed by atoms with E-state index in [1.54, 1.807) is 13.0 Å². The maximum absolute atomic E-state index is 13.1. The van der Waals surface area contributed by atoms with Gasteiger partial charge in [-0.05, 0) is 18.6 Å². The number of hydrogen-bond donors (Lipinski definition) is 4. The molecule has 0 unspecified atom stereocenters. The van der Waals surface area contributed by atoms with E-state index in [0.29, 0.717) is 16.3 Å². The fourth-order valence-corrected chi connectivity index (χ4v) is 7.09. The Bertz CT molecular complexity index is 1630. The van der Waals surface area contributed by atoms with Gasteiger partial charge in [-0.25, -0.2) is 19.6 Å². The number of nitrogens with one attached hydrogen (secondary N) is 1. The lowest BCUT2D eigenvalue weighted by atomic mass is 10.0. The van der Waals surface area contributed by atoms with E-state index in [4.69, 9.17) is 10.6 Å². The van der Waals surface area contributed by atoms with Crippen LogP contribution in [0.4, 0.5) is 5.13 Å². The highest BCUT2D eigenvalue weighted by molar-refractivity contribution is 8.01. The molecule has 3 aromatic heterocycles. The van der Waals surface area contributed by atoms with Gasteiger partial charge in [0.25, 0.3) is 23.4 Å². The maximum Gasteiger partial charge on any atom is 0.375 e. The van der Waals surface area contributed by atoms with Crippen LogP contribution in [0.25, 0.3) is 5.78 Å². The standard InChI is InChI=1S/C21H19N9O7S3/c1-7-3-10(30-21(23-7)26-14(27-30)19(35)36)38-4-8-5-39-17-12(16(32)29(17)13(8)18(33)34)25-15(31)11(28-37-2)9-6-40-20(22)24-9/h3,6,12,17H,4-5H2,1-2H3,(H2,22,24)(H,25,31)(H,33,34)(H,35,36)/b28-11-/t12-,17-/m1/s1. The fourth-order valence-electron chi connectivity index (χ4n) is 4.00. The zero-order valence-corrected chi connectivity index (χ0v) is 23.0. The third kappa shape index (κ3) is 4.93. The number of hydrogen-bond acceptors (Lipinski definition) is 14. The molecule has 208 valence electrons. The third-order valence-corrected chi connectivity index (χ3v) is 8.78. The summed E-state index contributed by atoms with van der Waals surface area (Å²) in [6, 6.07) is 0.680. The molecule has 5 rings (SSSR count). The van der Waals surface area contributed by atoms with Gasteiger partial charge in [-0.3, -0.25) is 14.5 Å². The number of rotatable bonds is 9. The van der Waals surface area contributed by atoms with Crippen molar-refractivity contribution in [3.8, 4) is 0 Å². The lowest BCUT2D eigenvalue weighted by Gasteiger charge is -2.49. The first-order valence-corrected chi connectivity index (χ1v) is 14.1. The molecule has 5 N–H and O–H groups in total. The number of carboxylic acids is 2. The number of oxime groups is 1. The summed E-state index contributed by atoms with van der Waals surface area (Å²) in [5.74, 6) is -3.80. The number of aromatic nitrogens is 5. The zero-order valence-electron chi connectivity index (χ0n) is 20.6. The van der Waals surface area contributed by atoms with E-state index in [0.717, 1.165) is 16.2 Å². The molecule has 1 fully saturated rings. The Morgan fingerprint density at radius 2 is 2.05 bits per heavy atom. The number of amides is 2. The minimum atomic E-state index is -1.31. The number of aryl methyl sites for hydroxylation is 1. The number of nitrogens with zero attached hydrogens (tertiary/aromatic N) is 7. The average Bonchev–Trinajstić information content (AvgIpc) is 3.54. The molecular formula is C21H19N9O7S3. The van der Waals surface area contributed by atoms with E-state index < -0.39 is 41.0 Å². The van der Waals surface area contributed by atoms with Crippen LogP contribution in [0.15, 0.2) is 32.9 Å². The quantitative estimate of drug-likeness (QED) is 0.0831. The molecule has 1 saturated heterocycles. The summed E-state index contributed by atoms with van der Waals surface area (Å²) in [7, 11) is 1.26. The summed E-state index contributed by atoms with van der Waals surface area (Å²) >= 11 is 3.61. The van der Waals surface area contributed by atoms with Gasteiger partial charge in [0, 0.05) is 22.6 Å². The number of carbonyl (C=O) groups excluding carboxylic acids is 2. The van der Waals surface area contributed by atoms with Crippen molar-refractivity contribution >= 4 is 75.2 Å². The second-order valence-corrected chi connectivity index (χ2v) is 11.3. The molecule has 40 heavy (non-hydrogen) atoms. The number of anilines is 1. The van der Waals surface area contributed by atoms with Crippen molar-refractivity contribution in [1.29, 1.82) is 0 Å². The number of aliphatic carboxylic acids is 1. The van der Waals surface area contributed by atoms with Crippen LogP contribution in [0.3, 0.4) is 0 Å². The Balaban J connectivity index is 1.35. The van der Waals surface area contributed by atoms with Gasteiger partial charge in [-0.1, -0.05) is 5.16 Å². The van der Waals surface area contributed by atoms with E-state index >= 15 is 0 Å². The Hall–Kier alpha value is -4.23. The van der Waals surface area contributed by atoms with Crippen molar-refractivity contribution in [2.24, 2.45) is 5.16 Å². The van der Waals surface area contributed by atoms with Crippen molar-refractivity contribution < 1.29 is 34.2 Å². The Labute approximate surface area is 236 Å². The monoisotopic (exact) mass is 605 g/mol. The predicted molar refractivity (Wildman–Crippen MR) is 143 cm³/mol. The first kappa shape index (κ1) is 27.3. The van der Waals surface area contributed by atoms with Gasteiger partial charge in [0.2, 0.25) is 0 Å². The van der Waals surface area contributed by atoms with Crippen LogP contribution in [0, 0.1) is 6.92 Å². The molecule has 2 amide bonds. The van der Waals surface area contributed by atoms with Crippen LogP contribution in [-0.4, -0.2) is 99.2 Å². The molecule has 0 saturated carbocycles. The van der Waals surface area contributed by atoms with Gasteiger partial charge in [0.05, 0.1) is 0 Å². The minimum Gasteiger partial charge on any atom is -0.477 e. The van der Waals surface area contributed by atoms with Crippen molar-refractivity contribution in [2.45, 2.75) is 23.4 Å². The van der Waals surface area contributed by atoms with Crippen LogP contribution in [0.1, 0.15) is 22.0 Å². The number of carboxylic acid groups (broad SMARTS) is 2. The number of fused-ring (bicyclic) bond motifs is 2. The lowest BCUT2D eigenvalue weighted by Crippen LogP contribution is -2.71. The predicted octanol–water partition coefficient (Wildman–Crippen LogP) is 0.0510. The molecule has 0 aliphatic carbocycles.